The highest BCUT2D eigenvalue weighted by atomic mass is 16.4. The van der Waals surface area contributed by atoms with Gasteiger partial charge in [-0.1, -0.05) is 42.5 Å². The molecule has 0 fully saturated rings. The van der Waals surface area contributed by atoms with Gasteiger partial charge in [-0.05, 0) is 41.7 Å². The number of aliphatic hydroxyl groups excluding tert-OH is 2. The topological polar surface area (TPSA) is 144 Å². The molecule has 2 aromatic rings. The van der Waals surface area contributed by atoms with Crippen molar-refractivity contribution in [3.63, 3.8) is 0 Å². The first-order chi connectivity index (χ1) is 13.5. The quantitative estimate of drug-likeness (QED) is 0.491. The summed E-state index contributed by atoms with van der Waals surface area (Å²) >= 11 is 0. The summed E-state index contributed by atoms with van der Waals surface area (Å²) in [7, 11) is 0. The van der Waals surface area contributed by atoms with E-state index in [9.17, 15) is 14.4 Å². The van der Waals surface area contributed by atoms with Gasteiger partial charge in [0.2, 0.25) is 5.91 Å². The van der Waals surface area contributed by atoms with Crippen molar-refractivity contribution in [1.29, 1.82) is 0 Å². The Hall–Kier alpha value is -3.23. The number of benzene rings is 2. The van der Waals surface area contributed by atoms with E-state index in [1.54, 1.807) is 0 Å². The summed E-state index contributed by atoms with van der Waals surface area (Å²) < 4.78 is 0. The van der Waals surface area contributed by atoms with Gasteiger partial charge in [0, 0.05) is 13.5 Å². The molecular weight excluding hydrogens is 378 g/mol. The number of nitrogens with one attached hydrogen (secondary N) is 1. The monoisotopic (exact) mass is 403 g/mol. The fourth-order valence-electron chi connectivity index (χ4n) is 2.23. The van der Waals surface area contributed by atoms with E-state index >= 15 is 0 Å². The van der Waals surface area contributed by atoms with Gasteiger partial charge in [0.05, 0.1) is 0 Å². The maximum atomic E-state index is 10.9. The average molecular weight is 403 g/mol. The predicted molar refractivity (Wildman–Crippen MR) is 106 cm³/mol. The van der Waals surface area contributed by atoms with E-state index in [1.165, 1.54) is 29.2 Å². The molecule has 1 amide bonds. The van der Waals surface area contributed by atoms with Gasteiger partial charge in [-0.25, -0.2) is 9.59 Å². The van der Waals surface area contributed by atoms with Crippen molar-refractivity contribution >= 4 is 17.8 Å². The molecule has 2 aromatic carbocycles. The Labute approximate surface area is 168 Å². The van der Waals surface area contributed by atoms with Crippen molar-refractivity contribution < 1.29 is 34.8 Å². The van der Waals surface area contributed by atoms with Gasteiger partial charge in [-0.2, -0.15) is 0 Å². The molecule has 0 aliphatic carbocycles. The number of carboxylic acids is 2. The number of aliphatic carboxylic acids is 2. The summed E-state index contributed by atoms with van der Waals surface area (Å²) in [6.45, 7) is 6.37. The first-order valence-electron chi connectivity index (χ1n) is 8.75. The second-order valence-electron chi connectivity index (χ2n) is 6.47. The van der Waals surface area contributed by atoms with Crippen molar-refractivity contribution in [3.05, 3.63) is 59.2 Å². The highest BCUT2D eigenvalue weighted by Gasteiger charge is 2.29. The van der Waals surface area contributed by atoms with Crippen LogP contribution in [-0.2, 0) is 20.9 Å². The summed E-state index contributed by atoms with van der Waals surface area (Å²) in [5.41, 5.74) is 6.16. The second kappa shape index (κ2) is 10.9. The summed E-state index contributed by atoms with van der Waals surface area (Å²) in [5.74, 6) is -3.54. The number of aryl methyl sites for hydroxylation is 2. The number of carbonyl (C=O) groups is 3. The molecule has 0 saturated carbocycles. The lowest BCUT2D eigenvalue weighted by atomic mass is 10.00. The third kappa shape index (κ3) is 7.73. The Morgan fingerprint density at radius 2 is 1.31 bits per heavy atom. The van der Waals surface area contributed by atoms with Crippen molar-refractivity contribution in [2.75, 3.05) is 0 Å². The number of amides is 1. The van der Waals surface area contributed by atoms with E-state index < -0.39 is 24.1 Å². The van der Waals surface area contributed by atoms with E-state index in [0.717, 1.165) is 5.56 Å². The van der Waals surface area contributed by atoms with Crippen molar-refractivity contribution in [1.82, 2.24) is 5.32 Å². The smallest absolute Gasteiger partial charge is 0.335 e. The van der Waals surface area contributed by atoms with Crippen LogP contribution in [0.4, 0.5) is 0 Å². The van der Waals surface area contributed by atoms with Crippen LogP contribution in [-0.4, -0.2) is 50.5 Å². The molecule has 2 atom stereocenters. The SMILES string of the molecule is CC(=O)NCc1ccc(-c2ccc(C)c(C)c2)cc1.O=C(O)C(O)C(O)C(=O)O. The zero-order chi connectivity index (χ0) is 22.1. The minimum absolute atomic E-state index is 0.00163. The first kappa shape index (κ1) is 23.8. The van der Waals surface area contributed by atoms with E-state index in [1.807, 2.05) is 0 Å². The number of carbonyl (C=O) groups excluding carboxylic acids is 1. The lowest BCUT2D eigenvalue weighted by Gasteiger charge is -2.07. The fourth-order valence-corrected chi connectivity index (χ4v) is 2.23. The van der Waals surface area contributed by atoms with Gasteiger partial charge in [0.25, 0.3) is 0 Å². The molecule has 5 N–H and O–H groups in total. The number of rotatable bonds is 6. The minimum Gasteiger partial charge on any atom is -0.479 e. The number of carboxylic acid groups (broad SMARTS) is 2. The molecule has 8 heteroatoms. The molecule has 2 unspecified atom stereocenters. The molecule has 156 valence electrons. The Balaban J connectivity index is 0.000000359. The average Bonchev–Trinajstić information content (AvgIpc) is 2.68. The lowest BCUT2D eigenvalue weighted by Crippen LogP contribution is -2.39. The third-order valence-electron chi connectivity index (χ3n) is 4.14. The van der Waals surface area contributed by atoms with Gasteiger partial charge in [0.1, 0.15) is 0 Å². The molecule has 0 heterocycles. The van der Waals surface area contributed by atoms with E-state index in [4.69, 9.17) is 20.4 Å². The molecule has 0 aliphatic heterocycles. The van der Waals surface area contributed by atoms with E-state index in [2.05, 4.69) is 61.6 Å². The van der Waals surface area contributed by atoms with Gasteiger partial charge in [-0.3, -0.25) is 4.79 Å². The van der Waals surface area contributed by atoms with Crippen molar-refractivity contribution in [2.45, 2.75) is 39.5 Å². The molecule has 0 radical (unpaired) electrons. The Morgan fingerprint density at radius 1 is 0.828 bits per heavy atom. The maximum Gasteiger partial charge on any atom is 0.335 e. The van der Waals surface area contributed by atoms with E-state index in [-0.39, 0.29) is 5.91 Å². The van der Waals surface area contributed by atoms with Crippen molar-refractivity contribution in [3.8, 4) is 11.1 Å². The zero-order valence-electron chi connectivity index (χ0n) is 16.4. The number of hydrogen-bond acceptors (Lipinski definition) is 5. The highest BCUT2D eigenvalue weighted by molar-refractivity contribution is 5.83. The summed E-state index contributed by atoms with van der Waals surface area (Å²) in [5, 5.41) is 35.3. The van der Waals surface area contributed by atoms with Crippen LogP contribution < -0.4 is 5.32 Å². The van der Waals surface area contributed by atoms with Gasteiger partial charge >= 0.3 is 11.9 Å². The molecule has 0 aromatic heterocycles. The van der Waals surface area contributed by atoms with Gasteiger partial charge in [0.15, 0.2) is 12.2 Å². The fraction of sp³-hybridized carbons (Fsp3) is 0.286. The normalized spacial score (nSPS) is 12.2. The Kier molecular flexibility index (Phi) is 8.98. The van der Waals surface area contributed by atoms with Crippen LogP contribution in [0.3, 0.4) is 0 Å². The molecule has 0 bridgehead atoms. The highest BCUT2D eigenvalue weighted by Crippen LogP contribution is 2.22. The summed E-state index contributed by atoms with van der Waals surface area (Å²) in [6, 6.07) is 14.8. The van der Waals surface area contributed by atoms with Crippen molar-refractivity contribution in [2.24, 2.45) is 0 Å². The molecule has 8 nitrogen and oxygen atoms in total. The standard InChI is InChI=1S/C17H19NO.C4H6O6/c1-12-4-7-17(10-13(12)2)16-8-5-15(6-9-16)11-18-14(3)19;5-1(3(7)8)2(6)4(9)10/h4-10H,11H2,1-3H3,(H,18,19);1-2,5-6H,(H,7,8)(H,9,10). The third-order valence-corrected chi connectivity index (χ3v) is 4.14. The zero-order valence-corrected chi connectivity index (χ0v) is 16.4. The Bertz CT molecular complexity index is 844. The molecule has 0 spiro atoms. The van der Waals surface area contributed by atoms with Gasteiger partial charge < -0.3 is 25.7 Å². The Morgan fingerprint density at radius 3 is 1.72 bits per heavy atom. The molecule has 0 aliphatic rings. The molecule has 0 saturated heterocycles. The van der Waals surface area contributed by atoms with Crippen LogP contribution in [0.1, 0.15) is 23.6 Å². The second-order valence-corrected chi connectivity index (χ2v) is 6.47. The van der Waals surface area contributed by atoms with Gasteiger partial charge in [-0.15, -0.1) is 0 Å². The lowest BCUT2D eigenvalue weighted by molar-refractivity contribution is -0.165. The molecular formula is C21H25NO7. The first-order valence-corrected chi connectivity index (χ1v) is 8.75. The van der Waals surface area contributed by atoms with Crippen LogP contribution >= 0.6 is 0 Å². The minimum atomic E-state index is -2.27. The summed E-state index contributed by atoms with van der Waals surface area (Å²) in [4.78, 5) is 30.4. The van der Waals surface area contributed by atoms with Crippen LogP contribution in [0, 0.1) is 13.8 Å². The molecule has 2 rings (SSSR count). The largest absolute Gasteiger partial charge is 0.479 e. The molecule has 29 heavy (non-hydrogen) atoms. The van der Waals surface area contributed by atoms with Crippen LogP contribution in [0.2, 0.25) is 0 Å². The maximum absolute atomic E-state index is 10.9. The summed E-state index contributed by atoms with van der Waals surface area (Å²) in [6.07, 6.45) is -4.53. The van der Waals surface area contributed by atoms with Crippen LogP contribution in [0.15, 0.2) is 42.5 Å². The van der Waals surface area contributed by atoms with E-state index in [0.29, 0.717) is 6.54 Å². The van der Waals surface area contributed by atoms with Crippen LogP contribution in [0.5, 0.6) is 0 Å². The number of hydrogen-bond donors (Lipinski definition) is 5. The number of aliphatic hydroxyl groups is 2. The van der Waals surface area contributed by atoms with Crippen LogP contribution in [0.25, 0.3) is 11.1 Å². The predicted octanol–water partition coefficient (Wildman–Crippen LogP) is 1.48.